The van der Waals surface area contributed by atoms with E-state index < -0.39 is 0 Å². The van der Waals surface area contributed by atoms with Gasteiger partial charge in [0.25, 0.3) is 5.56 Å². The standard InChI is InChI=1S/C22H23N5O2/c28-22-18-19-21(25-17-10-4-3-9-16(17)24-19)26(12-15-8-5-11-29-15)20(18)23-13-27(22)14-6-1-2-7-14/h3-4,9-10,13-15H,1-2,5-8,11-12H2/t15-/m1/s1. The highest BCUT2D eigenvalue weighted by atomic mass is 16.5. The second-order valence-electron chi connectivity index (χ2n) is 8.22. The van der Waals surface area contributed by atoms with Crippen LogP contribution in [0.1, 0.15) is 44.6 Å². The molecule has 0 bridgehead atoms. The molecule has 0 unspecified atom stereocenters. The van der Waals surface area contributed by atoms with E-state index in [-0.39, 0.29) is 17.7 Å². The minimum Gasteiger partial charge on any atom is -0.376 e. The van der Waals surface area contributed by atoms with Crippen LogP contribution in [0.3, 0.4) is 0 Å². The second-order valence-corrected chi connectivity index (χ2v) is 8.22. The number of benzene rings is 1. The van der Waals surface area contributed by atoms with Crippen LogP contribution >= 0.6 is 0 Å². The monoisotopic (exact) mass is 389 g/mol. The summed E-state index contributed by atoms with van der Waals surface area (Å²) in [7, 11) is 0. The van der Waals surface area contributed by atoms with Crippen molar-refractivity contribution < 1.29 is 4.74 Å². The van der Waals surface area contributed by atoms with Crippen molar-refractivity contribution in [2.75, 3.05) is 6.61 Å². The van der Waals surface area contributed by atoms with Gasteiger partial charge in [-0.05, 0) is 37.8 Å². The van der Waals surface area contributed by atoms with Gasteiger partial charge in [-0.25, -0.2) is 15.0 Å². The van der Waals surface area contributed by atoms with Crippen molar-refractivity contribution in [1.29, 1.82) is 0 Å². The third-order valence-electron chi connectivity index (χ3n) is 6.40. The highest BCUT2D eigenvalue weighted by Gasteiger charge is 2.26. The number of hydrogen-bond acceptors (Lipinski definition) is 5. The molecule has 0 radical (unpaired) electrons. The maximum Gasteiger partial charge on any atom is 0.265 e. The lowest BCUT2D eigenvalue weighted by Gasteiger charge is -2.14. The summed E-state index contributed by atoms with van der Waals surface area (Å²) in [4.78, 5) is 28.0. The van der Waals surface area contributed by atoms with Gasteiger partial charge in [0.05, 0.1) is 23.7 Å². The van der Waals surface area contributed by atoms with E-state index in [1.165, 1.54) is 12.8 Å². The Morgan fingerprint density at radius 1 is 1.00 bits per heavy atom. The molecular weight excluding hydrogens is 366 g/mol. The van der Waals surface area contributed by atoms with E-state index in [4.69, 9.17) is 19.7 Å². The van der Waals surface area contributed by atoms with Crippen LogP contribution in [0.15, 0.2) is 35.4 Å². The largest absolute Gasteiger partial charge is 0.376 e. The summed E-state index contributed by atoms with van der Waals surface area (Å²) in [5.41, 5.74) is 3.68. The molecule has 0 spiro atoms. The van der Waals surface area contributed by atoms with Gasteiger partial charge in [0, 0.05) is 12.6 Å². The molecule has 0 N–H and O–H groups in total. The molecule has 7 heteroatoms. The molecule has 1 saturated carbocycles. The normalized spacial score (nSPS) is 20.5. The zero-order chi connectivity index (χ0) is 19.4. The maximum atomic E-state index is 13.5. The Bertz CT molecular complexity index is 1280. The molecule has 1 aromatic carbocycles. The first-order valence-corrected chi connectivity index (χ1v) is 10.6. The van der Waals surface area contributed by atoms with E-state index in [0.717, 1.165) is 49.0 Å². The second kappa shape index (κ2) is 6.62. The Kier molecular flexibility index (Phi) is 3.90. The van der Waals surface area contributed by atoms with E-state index >= 15 is 0 Å². The molecule has 6 rings (SSSR count). The van der Waals surface area contributed by atoms with E-state index in [2.05, 4.69) is 0 Å². The van der Waals surface area contributed by atoms with Crippen LogP contribution in [0, 0.1) is 0 Å². The molecule has 0 amide bonds. The van der Waals surface area contributed by atoms with Gasteiger partial charge >= 0.3 is 0 Å². The average molecular weight is 389 g/mol. The van der Waals surface area contributed by atoms with Crippen molar-refractivity contribution in [3.8, 4) is 0 Å². The summed E-state index contributed by atoms with van der Waals surface area (Å²) < 4.78 is 9.73. The number of rotatable bonds is 3. The van der Waals surface area contributed by atoms with Gasteiger partial charge in [0.15, 0.2) is 11.3 Å². The van der Waals surface area contributed by atoms with E-state index in [1.807, 2.05) is 33.4 Å². The number of nitrogens with zero attached hydrogens (tertiary/aromatic N) is 5. The van der Waals surface area contributed by atoms with Gasteiger partial charge in [-0.3, -0.25) is 9.36 Å². The Labute approximate surface area is 167 Å². The topological polar surface area (TPSA) is 74.8 Å². The number of ether oxygens (including phenoxy) is 1. The lowest BCUT2D eigenvalue weighted by atomic mass is 10.2. The molecule has 4 aromatic rings. The molecule has 29 heavy (non-hydrogen) atoms. The molecule has 1 atom stereocenters. The molecule has 1 aliphatic heterocycles. The Morgan fingerprint density at radius 2 is 1.79 bits per heavy atom. The molecule has 148 valence electrons. The summed E-state index contributed by atoms with van der Waals surface area (Å²) >= 11 is 0. The fourth-order valence-electron chi connectivity index (χ4n) is 4.92. The first-order valence-electron chi connectivity index (χ1n) is 10.6. The molecular formula is C22H23N5O2. The van der Waals surface area contributed by atoms with E-state index in [0.29, 0.717) is 23.1 Å². The van der Waals surface area contributed by atoms with Crippen molar-refractivity contribution >= 4 is 33.2 Å². The molecule has 2 aliphatic rings. The third kappa shape index (κ3) is 2.68. The predicted molar refractivity (Wildman–Crippen MR) is 111 cm³/mol. The van der Waals surface area contributed by atoms with Crippen molar-refractivity contribution in [3.05, 3.63) is 40.9 Å². The van der Waals surface area contributed by atoms with Crippen LogP contribution in [0.25, 0.3) is 33.2 Å². The number of hydrogen-bond donors (Lipinski definition) is 0. The van der Waals surface area contributed by atoms with Gasteiger partial charge < -0.3 is 9.30 Å². The summed E-state index contributed by atoms with van der Waals surface area (Å²) in [6, 6.07) is 8.05. The first-order chi connectivity index (χ1) is 14.3. The first kappa shape index (κ1) is 17.1. The minimum atomic E-state index is 0.00238. The van der Waals surface area contributed by atoms with Crippen LogP contribution < -0.4 is 5.56 Å². The van der Waals surface area contributed by atoms with Crippen LogP contribution in [0.2, 0.25) is 0 Å². The zero-order valence-electron chi connectivity index (χ0n) is 16.3. The minimum absolute atomic E-state index is 0.00238. The van der Waals surface area contributed by atoms with Crippen molar-refractivity contribution in [1.82, 2.24) is 24.1 Å². The highest BCUT2D eigenvalue weighted by molar-refractivity contribution is 6.04. The van der Waals surface area contributed by atoms with Crippen LogP contribution in [0.4, 0.5) is 0 Å². The molecule has 2 fully saturated rings. The summed E-state index contributed by atoms with van der Waals surface area (Å²) in [6.45, 7) is 1.44. The van der Waals surface area contributed by atoms with Gasteiger partial charge in [0.2, 0.25) is 0 Å². The maximum absolute atomic E-state index is 13.5. The highest BCUT2D eigenvalue weighted by Crippen LogP contribution is 2.30. The zero-order valence-corrected chi connectivity index (χ0v) is 16.3. The van der Waals surface area contributed by atoms with Crippen LogP contribution in [0.5, 0.6) is 0 Å². The summed E-state index contributed by atoms with van der Waals surface area (Å²) in [6.07, 6.45) is 8.35. The van der Waals surface area contributed by atoms with Crippen molar-refractivity contribution in [2.24, 2.45) is 0 Å². The fourth-order valence-corrected chi connectivity index (χ4v) is 4.92. The summed E-state index contributed by atoms with van der Waals surface area (Å²) in [5.74, 6) is 0. The quantitative estimate of drug-likeness (QED) is 0.535. The van der Waals surface area contributed by atoms with Gasteiger partial charge in [0.1, 0.15) is 17.2 Å². The smallest absolute Gasteiger partial charge is 0.265 e. The van der Waals surface area contributed by atoms with Gasteiger partial charge in [-0.1, -0.05) is 25.0 Å². The van der Waals surface area contributed by atoms with Crippen LogP contribution in [-0.2, 0) is 11.3 Å². The molecule has 7 nitrogen and oxygen atoms in total. The molecule has 4 heterocycles. The van der Waals surface area contributed by atoms with Crippen molar-refractivity contribution in [3.63, 3.8) is 0 Å². The molecule has 3 aromatic heterocycles. The fraction of sp³-hybridized carbons (Fsp3) is 0.455. The Morgan fingerprint density at radius 3 is 2.55 bits per heavy atom. The average Bonchev–Trinajstić information content (AvgIpc) is 3.49. The van der Waals surface area contributed by atoms with E-state index in [1.54, 1.807) is 6.33 Å². The lowest BCUT2D eigenvalue weighted by molar-refractivity contribution is 0.0987. The number of fused-ring (bicyclic) bond motifs is 4. The van der Waals surface area contributed by atoms with E-state index in [9.17, 15) is 4.79 Å². The molecule has 1 aliphatic carbocycles. The Balaban J connectivity index is 1.65. The molecule has 1 saturated heterocycles. The van der Waals surface area contributed by atoms with Crippen molar-refractivity contribution in [2.45, 2.75) is 57.2 Å². The van der Waals surface area contributed by atoms with Gasteiger partial charge in [-0.2, -0.15) is 0 Å². The Hall–Kier alpha value is -2.80. The summed E-state index contributed by atoms with van der Waals surface area (Å²) in [5, 5.41) is 0.589. The SMILES string of the molecule is O=c1c2c3nc4ccccc4nc3n(C[C@H]3CCCO3)c2ncn1C1CCCC1. The lowest BCUT2D eigenvalue weighted by Crippen LogP contribution is -2.24. The predicted octanol–water partition coefficient (Wildman–Crippen LogP) is 3.59. The van der Waals surface area contributed by atoms with Crippen LogP contribution in [-0.4, -0.2) is 36.8 Å². The number of para-hydroxylation sites is 2. The number of aromatic nitrogens is 5. The van der Waals surface area contributed by atoms with Gasteiger partial charge in [-0.15, -0.1) is 0 Å². The third-order valence-corrected chi connectivity index (χ3v) is 6.40.